The highest BCUT2D eigenvalue weighted by atomic mass is 15.2. The molecule has 0 saturated carbocycles. The van der Waals surface area contributed by atoms with Gasteiger partial charge in [-0.05, 0) is 140 Å². The Balaban J connectivity index is 1.09. The van der Waals surface area contributed by atoms with E-state index >= 15 is 0 Å². The lowest BCUT2D eigenvalue weighted by molar-refractivity contribution is 1.18. The highest BCUT2D eigenvalue weighted by Crippen LogP contribution is 2.48. The summed E-state index contributed by atoms with van der Waals surface area (Å²) in [7, 11) is 0. The van der Waals surface area contributed by atoms with Crippen LogP contribution >= 0.6 is 0 Å². The van der Waals surface area contributed by atoms with Crippen molar-refractivity contribution in [3.05, 3.63) is 297 Å². The first-order chi connectivity index (χ1) is 36.2. The molecule has 0 aliphatic rings. The summed E-state index contributed by atoms with van der Waals surface area (Å²) in [5, 5.41) is 4.76. The maximum Gasteiger partial charge on any atom is 0.0562 e. The van der Waals surface area contributed by atoms with Crippen molar-refractivity contribution in [2.45, 2.75) is 0 Å². The Hall–Kier alpha value is -9.70. The van der Waals surface area contributed by atoms with Gasteiger partial charge in [0.25, 0.3) is 0 Å². The molecule has 0 saturated heterocycles. The second-order valence-electron chi connectivity index (χ2n) is 18.5. The number of fused-ring (bicyclic) bond motifs is 4. The van der Waals surface area contributed by atoms with Crippen molar-refractivity contribution >= 4 is 66.7 Å². The molecule has 0 aliphatic heterocycles. The fraction of sp³-hybridized carbons (Fsp3) is 0. The summed E-state index contributed by atoms with van der Waals surface area (Å²) in [6, 6.07) is 108. The third-order valence-corrected chi connectivity index (χ3v) is 14.1. The van der Waals surface area contributed by atoms with Gasteiger partial charge in [-0.1, -0.05) is 212 Å². The summed E-state index contributed by atoms with van der Waals surface area (Å²) in [4.78, 5) is 4.90. The molecule has 0 aliphatic carbocycles. The minimum absolute atomic E-state index is 1.03. The molecule has 3 nitrogen and oxygen atoms in total. The van der Waals surface area contributed by atoms with E-state index in [0.29, 0.717) is 0 Å². The van der Waals surface area contributed by atoms with E-state index < -0.39 is 0 Å². The molecule has 0 amide bonds. The van der Waals surface area contributed by atoms with Gasteiger partial charge < -0.3 is 14.4 Å². The third kappa shape index (κ3) is 8.19. The Morgan fingerprint density at radius 3 is 1.22 bits per heavy atom. The van der Waals surface area contributed by atoms with E-state index in [1.54, 1.807) is 0 Å². The molecule has 13 rings (SSSR count). The molecule has 0 bridgehead atoms. The van der Waals surface area contributed by atoms with E-state index in [0.717, 1.165) is 62.0 Å². The first-order valence-electron chi connectivity index (χ1n) is 25.0. The molecule has 344 valence electrons. The van der Waals surface area contributed by atoms with Crippen molar-refractivity contribution in [3.8, 4) is 50.2 Å². The number of anilines is 6. The van der Waals surface area contributed by atoms with Gasteiger partial charge in [-0.15, -0.1) is 0 Å². The first kappa shape index (κ1) is 43.3. The average Bonchev–Trinajstić information content (AvgIpc) is 3.82. The van der Waals surface area contributed by atoms with Crippen LogP contribution in [-0.2, 0) is 0 Å². The number of aromatic nitrogens is 1. The van der Waals surface area contributed by atoms with Crippen LogP contribution in [-0.4, -0.2) is 4.57 Å². The zero-order valence-corrected chi connectivity index (χ0v) is 40.1. The number of hydrogen-bond donors (Lipinski definition) is 0. The standard InChI is InChI=1S/C70H49N3/c1-5-19-50(20-6-1)53-35-41-59(42-36-53)71(60-43-37-54(38-44-60)51-21-7-2-8-22-51)62-47-57(65-31-17-26-56-25-13-14-29-64(56)65)48-63(49-62)72(61-45-39-55(40-46-61)52-23-9-3-10-24-52)68-33-18-34-69-70(68)66-30-15-16-32-67(66)73(69)58-27-11-4-12-28-58/h1-49H. The Morgan fingerprint density at radius 2 is 0.658 bits per heavy atom. The second-order valence-corrected chi connectivity index (χ2v) is 18.5. The fourth-order valence-corrected chi connectivity index (χ4v) is 10.7. The molecule has 73 heavy (non-hydrogen) atoms. The zero-order valence-electron chi connectivity index (χ0n) is 40.1. The Kier molecular flexibility index (Phi) is 11.2. The number of benzene rings is 12. The van der Waals surface area contributed by atoms with E-state index in [-0.39, 0.29) is 0 Å². The molecule has 0 unspecified atom stereocenters. The van der Waals surface area contributed by atoms with Crippen molar-refractivity contribution in [2.75, 3.05) is 9.80 Å². The van der Waals surface area contributed by atoms with Crippen LogP contribution in [0.25, 0.3) is 82.8 Å². The molecule has 0 radical (unpaired) electrons. The van der Waals surface area contributed by atoms with Gasteiger partial charge in [0.1, 0.15) is 0 Å². The minimum Gasteiger partial charge on any atom is -0.310 e. The molecular formula is C70H49N3. The number of rotatable bonds is 11. The van der Waals surface area contributed by atoms with Crippen molar-refractivity contribution < 1.29 is 0 Å². The SMILES string of the molecule is c1ccc(-c2ccc(N(c3ccc(-c4ccccc4)cc3)c3cc(-c4cccc5ccccc45)cc(N(c4ccc(-c5ccccc5)cc4)c4cccc5c4c4ccccc4n5-c4ccccc4)c3)cc2)cc1. The van der Waals surface area contributed by atoms with Crippen molar-refractivity contribution in [1.82, 2.24) is 4.57 Å². The van der Waals surface area contributed by atoms with Gasteiger partial charge in [0, 0.05) is 44.9 Å². The van der Waals surface area contributed by atoms with Crippen LogP contribution in [0.15, 0.2) is 297 Å². The van der Waals surface area contributed by atoms with E-state index in [9.17, 15) is 0 Å². The van der Waals surface area contributed by atoms with Crippen LogP contribution in [0.4, 0.5) is 34.1 Å². The van der Waals surface area contributed by atoms with E-state index in [1.165, 1.54) is 54.9 Å². The van der Waals surface area contributed by atoms with Gasteiger partial charge in [0.05, 0.1) is 16.7 Å². The van der Waals surface area contributed by atoms with Gasteiger partial charge in [-0.3, -0.25) is 0 Å². The van der Waals surface area contributed by atoms with Crippen LogP contribution in [0.5, 0.6) is 0 Å². The topological polar surface area (TPSA) is 11.4 Å². The van der Waals surface area contributed by atoms with E-state index in [2.05, 4.69) is 312 Å². The predicted molar refractivity (Wildman–Crippen MR) is 309 cm³/mol. The van der Waals surface area contributed by atoms with E-state index in [4.69, 9.17) is 0 Å². The minimum atomic E-state index is 1.03. The van der Waals surface area contributed by atoms with Crippen LogP contribution in [0.3, 0.4) is 0 Å². The molecule has 0 N–H and O–H groups in total. The number of hydrogen-bond acceptors (Lipinski definition) is 2. The highest BCUT2D eigenvalue weighted by molar-refractivity contribution is 6.17. The molecular weight excluding hydrogens is 883 g/mol. The lowest BCUT2D eigenvalue weighted by Crippen LogP contribution is -2.14. The van der Waals surface area contributed by atoms with Gasteiger partial charge >= 0.3 is 0 Å². The summed E-state index contributed by atoms with van der Waals surface area (Å²) in [5.74, 6) is 0. The Morgan fingerprint density at radius 1 is 0.247 bits per heavy atom. The Labute approximate surface area is 426 Å². The van der Waals surface area contributed by atoms with Crippen LogP contribution in [0, 0.1) is 0 Å². The summed E-state index contributed by atoms with van der Waals surface area (Å²) in [6.07, 6.45) is 0. The molecule has 0 atom stereocenters. The van der Waals surface area contributed by atoms with Crippen molar-refractivity contribution in [1.29, 1.82) is 0 Å². The highest BCUT2D eigenvalue weighted by Gasteiger charge is 2.24. The lowest BCUT2D eigenvalue weighted by atomic mass is 9.96. The maximum atomic E-state index is 2.48. The summed E-state index contributed by atoms with van der Waals surface area (Å²) in [6.45, 7) is 0. The smallest absolute Gasteiger partial charge is 0.0562 e. The summed E-state index contributed by atoms with van der Waals surface area (Å²) >= 11 is 0. The number of para-hydroxylation sites is 2. The monoisotopic (exact) mass is 931 g/mol. The molecule has 0 spiro atoms. The molecule has 1 heterocycles. The van der Waals surface area contributed by atoms with E-state index in [1.807, 2.05) is 0 Å². The summed E-state index contributed by atoms with van der Waals surface area (Å²) < 4.78 is 2.41. The lowest BCUT2D eigenvalue weighted by Gasteiger charge is -2.31. The van der Waals surface area contributed by atoms with Crippen molar-refractivity contribution in [2.24, 2.45) is 0 Å². The summed E-state index contributed by atoms with van der Waals surface area (Å²) in [5.41, 5.74) is 19.1. The van der Waals surface area contributed by atoms with Crippen LogP contribution in [0.1, 0.15) is 0 Å². The fourth-order valence-electron chi connectivity index (χ4n) is 10.7. The van der Waals surface area contributed by atoms with Crippen LogP contribution < -0.4 is 9.80 Å². The van der Waals surface area contributed by atoms with Gasteiger partial charge in [-0.2, -0.15) is 0 Å². The van der Waals surface area contributed by atoms with Crippen LogP contribution in [0.2, 0.25) is 0 Å². The normalized spacial score (nSPS) is 11.3. The third-order valence-electron chi connectivity index (χ3n) is 14.1. The molecule has 12 aromatic carbocycles. The number of nitrogens with zero attached hydrogens (tertiary/aromatic N) is 3. The molecule has 13 aromatic rings. The maximum absolute atomic E-state index is 2.48. The quantitative estimate of drug-likeness (QED) is 0.128. The van der Waals surface area contributed by atoms with Crippen molar-refractivity contribution in [3.63, 3.8) is 0 Å². The van der Waals surface area contributed by atoms with Gasteiger partial charge in [-0.25, -0.2) is 0 Å². The largest absolute Gasteiger partial charge is 0.310 e. The molecule has 0 fully saturated rings. The molecule has 3 heteroatoms. The first-order valence-corrected chi connectivity index (χ1v) is 25.0. The molecule has 1 aromatic heterocycles. The Bertz CT molecular complexity index is 3950. The zero-order chi connectivity index (χ0) is 48.5. The van der Waals surface area contributed by atoms with Gasteiger partial charge in [0.15, 0.2) is 0 Å². The average molecular weight is 932 g/mol. The predicted octanol–water partition coefficient (Wildman–Crippen LogP) is 19.5. The van der Waals surface area contributed by atoms with Gasteiger partial charge in [0.2, 0.25) is 0 Å². The second kappa shape index (κ2) is 18.9.